The highest BCUT2D eigenvalue weighted by atomic mass is 32.2. The van der Waals surface area contributed by atoms with E-state index in [1.54, 1.807) is 0 Å². The molecule has 2 aliphatic rings. The minimum atomic E-state index is -0.420. The van der Waals surface area contributed by atoms with Gasteiger partial charge in [0.25, 0.3) is 0 Å². The zero-order valence-corrected chi connectivity index (χ0v) is 14.5. The van der Waals surface area contributed by atoms with Gasteiger partial charge in [-0.1, -0.05) is 19.8 Å². The number of rotatable bonds is 7. The Labute approximate surface area is 134 Å². The predicted octanol–water partition coefficient (Wildman–Crippen LogP) is 3.76. The van der Waals surface area contributed by atoms with E-state index in [1.165, 1.54) is 37.9 Å². The first kappa shape index (κ1) is 17.1. The summed E-state index contributed by atoms with van der Waals surface area (Å²) < 4.78 is 5.35. The second-order valence-electron chi connectivity index (χ2n) is 6.54. The molecule has 0 aromatic carbocycles. The molecule has 0 aliphatic heterocycles. The molecule has 0 spiro atoms. The third-order valence-corrected chi connectivity index (χ3v) is 6.47. The number of likely N-dealkylation sites (N-methyl/N-ethyl adjacent to an activating group) is 1. The van der Waals surface area contributed by atoms with E-state index in [9.17, 15) is 4.79 Å². The second kappa shape index (κ2) is 8.42. The number of hydrogen-bond donors (Lipinski definition) is 1. The molecule has 0 heterocycles. The molecule has 2 fully saturated rings. The molecule has 122 valence electrons. The highest BCUT2D eigenvalue weighted by Gasteiger charge is 2.43. The molecule has 2 aliphatic carbocycles. The normalized spacial score (nSPS) is 30.5. The van der Waals surface area contributed by atoms with E-state index in [2.05, 4.69) is 24.0 Å². The summed E-state index contributed by atoms with van der Waals surface area (Å²) in [6, 6.07) is 0. The van der Waals surface area contributed by atoms with Crippen molar-refractivity contribution in [3.63, 3.8) is 0 Å². The van der Waals surface area contributed by atoms with Crippen molar-refractivity contribution in [1.29, 1.82) is 0 Å². The minimum Gasteiger partial charge on any atom is -0.465 e. The van der Waals surface area contributed by atoms with Crippen LogP contribution >= 0.6 is 11.8 Å². The molecule has 0 saturated heterocycles. The number of carbonyl (C=O) groups is 1. The standard InChI is InChI=1S/C17H31NO2S/c1-3-18-17(16(19)20-4-2)11-7-10-15(12-17)21-13-14-8-5-6-9-14/h14-15,18H,3-13H2,1-2H3. The van der Waals surface area contributed by atoms with E-state index in [1.807, 2.05) is 6.92 Å². The van der Waals surface area contributed by atoms with Crippen LogP contribution in [0.15, 0.2) is 0 Å². The Kier molecular flexibility index (Phi) is 6.87. The van der Waals surface area contributed by atoms with Crippen molar-refractivity contribution in [2.75, 3.05) is 18.9 Å². The highest BCUT2D eigenvalue weighted by molar-refractivity contribution is 7.99. The van der Waals surface area contributed by atoms with Gasteiger partial charge in [-0.15, -0.1) is 0 Å². The quantitative estimate of drug-likeness (QED) is 0.726. The van der Waals surface area contributed by atoms with Crippen LogP contribution in [0.25, 0.3) is 0 Å². The van der Waals surface area contributed by atoms with Crippen LogP contribution in [-0.4, -0.2) is 35.7 Å². The first-order valence-electron chi connectivity index (χ1n) is 8.74. The third-order valence-electron chi connectivity index (χ3n) is 4.93. The van der Waals surface area contributed by atoms with Crippen molar-refractivity contribution < 1.29 is 9.53 Å². The number of nitrogens with one attached hydrogen (secondary N) is 1. The fraction of sp³-hybridized carbons (Fsp3) is 0.941. The molecule has 0 radical (unpaired) electrons. The van der Waals surface area contributed by atoms with Crippen molar-refractivity contribution in [3.05, 3.63) is 0 Å². The Bertz CT molecular complexity index is 327. The molecule has 4 heteroatoms. The number of esters is 1. The summed E-state index contributed by atoms with van der Waals surface area (Å²) in [4.78, 5) is 12.4. The molecular weight excluding hydrogens is 282 g/mol. The second-order valence-corrected chi connectivity index (χ2v) is 7.87. The van der Waals surface area contributed by atoms with Gasteiger partial charge in [0, 0.05) is 5.25 Å². The number of hydrogen-bond acceptors (Lipinski definition) is 4. The Morgan fingerprint density at radius 3 is 2.67 bits per heavy atom. The molecule has 2 saturated carbocycles. The van der Waals surface area contributed by atoms with Crippen LogP contribution in [0.2, 0.25) is 0 Å². The van der Waals surface area contributed by atoms with Gasteiger partial charge < -0.3 is 10.1 Å². The fourth-order valence-corrected chi connectivity index (χ4v) is 5.45. The van der Waals surface area contributed by atoms with Crippen LogP contribution < -0.4 is 5.32 Å². The van der Waals surface area contributed by atoms with Gasteiger partial charge in [0.1, 0.15) is 5.54 Å². The van der Waals surface area contributed by atoms with Gasteiger partial charge in [0.15, 0.2) is 0 Å². The monoisotopic (exact) mass is 313 g/mol. The molecule has 0 amide bonds. The Balaban J connectivity index is 1.90. The van der Waals surface area contributed by atoms with Gasteiger partial charge in [-0.3, -0.25) is 4.79 Å². The van der Waals surface area contributed by atoms with Gasteiger partial charge in [-0.05, 0) is 63.7 Å². The van der Waals surface area contributed by atoms with E-state index in [-0.39, 0.29) is 5.97 Å². The largest absolute Gasteiger partial charge is 0.465 e. The Morgan fingerprint density at radius 1 is 1.24 bits per heavy atom. The molecule has 2 rings (SSSR count). The first-order valence-corrected chi connectivity index (χ1v) is 9.79. The van der Waals surface area contributed by atoms with Crippen molar-refractivity contribution in [2.24, 2.45) is 5.92 Å². The lowest BCUT2D eigenvalue weighted by Gasteiger charge is -2.39. The van der Waals surface area contributed by atoms with Crippen LogP contribution in [0.3, 0.4) is 0 Å². The lowest BCUT2D eigenvalue weighted by Crippen LogP contribution is -2.56. The summed E-state index contributed by atoms with van der Waals surface area (Å²) in [6.45, 7) is 5.29. The fourth-order valence-electron chi connectivity index (χ4n) is 3.84. The smallest absolute Gasteiger partial charge is 0.326 e. The van der Waals surface area contributed by atoms with Crippen molar-refractivity contribution in [1.82, 2.24) is 5.32 Å². The maximum atomic E-state index is 12.4. The average molecular weight is 314 g/mol. The van der Waals surface area contributed by atoms with Gasteiger partial charge in [-0.25, -0.2) is 0 Å². The van der Waals surface area contributed by atoms with Crippen molar-refractivity contribution >= 4 is 17.7 Å². The summed E-state index contributed by atoms with van der Waals surface area (Å²) in [5.74, 6) is 2.18. The van der Waals surface area contributed by atoms with Crippen molar-refractivity contribution in [2.45, 2.75) is 76.0 Å². The maximum Gasteiger partial charge on any atom is 0.326 e. The summed E-state index contributed by atoms with van der Waals surface area (Å²) in [7, 11) is 0. The highest BCUT2D eigenvalue weighted by Crippen LogP contribution is 2.38. The summed E-state index contributed by atoms with van der Waals surface area (Å²) in [5.41, 5.74) is -0.420. The van der Waals surface area contributed by atoms with E-state index in [0.717, 1.165) is 31.7 Å². The number of thioether (sulfide) groups is 1. The van der Waals surface area contributed by atoms with Gasteiger partial charge >= 0.3 is 5.97 Å². The topological polar surface area (TPSA) is 38.3 Å². The molecule has 21 heavy (non-hydrogen) atoms. The maximum absolute atomic E-state index is 12.4. The average Bonchev–Trinajstić information content (AvgIpc) is 2.99. The molecule has 0 aromatic rings. The zero-order chi connectivity index (χ0) is 15.1. The lowest BCUT2D eigenvalue weighted by molar-refractivity contribution is -0.152. The molecule has 0 bridgehead atoms. The van der Waals surface area contributed by atoms with Crippen LogP contribution in [-0.2, 0) is 9.53 Å². The molecule has 3 nitrogen and oxygen atoms in total. The Hall–Kier alpha value is -0.220. The predicted molar refractivity (Wildman–Crippen MR) is 89.7 cm³/mol. The molecular formula is C17H31NO2S. The zero-order valence-electron chi connectivity index (χ0n) is 13.7. The summed E-state index contributed by atoms with van der Waals surface area (Å²) in [6.07, 6.45) is 9.92. The number of carbonyl (C=O) groups excluding carboxylic acids is 1. The first-order chi connectivity index (χ1) is 10.2. The molecule has 2 atom stereocenters. The molecule has 0 aromatic heterocycles. The van der Waals surface area contributed by atoms with Crippen LogP contribution in [0.4, 0.5) is 0 Å². The minimum absolute atomic E-state index is 0.0296. The van der Waals surface area contributed by atoms with E-state index in [0.29, 0.717) is 11.9 Å². The third kappa shape index (κ3) is 4.62. The van der Waals surface area contributed by atoms with Crippen LogP contribution in [0.1, 0.15) is 65.2 Å². The number of ether oxygens (including phenoxy) is 1. The molecule has 1 N–H and O–H groups in total. The van der Waals surface area contributed by atoms with Gasteiger partial charge in [-0.2, -0.15) is 11.8 Å². The van der Waals surface area contributed by atoms with E-state index in [4.69, 9.17) is 4.74 Å². The van der Waals surface area contributed by atoms with Crippen LogP contribution in [0, 0.1) is 5.92 Å². The van der Waals surface area contributed by atoms with Crippen molar-refractivity contribution in [3.8, 4) is 0 Å². The van der Waals surface area contributed by atoms with Crippen LogP contribution in [0.5, 0.6) is 0 Å². The Morgan fingerprint density at radius 2 is 2.00 bits per heavy atom. The molecule has 2 unspecified atom stereocenters. The summed E-state index contributed by atoms with van der Waals surface area (Å²) >= 11 is 2.11. The van der Waals surface area contributed by atoms with Gasteiger partial charge in [0.05, 0.1) is 6.61 Å². The van der Waals surface area contributed by atoms with Gasteiger partial charge in [0.2, 0.25) is 0 Å². The SMILES string of the molecule is CCNC1(C(=O)OCC)CCCC(SCC2CCCC2)C1. The summed E-state index contributed by atoms with van der Waals surface area (Å²) in [5, 5.41) is 4.07. The lowest BCUT2D eigenvalue weighted by atomic mass is 9.81. The van der Waals surface area contributed by atoms with E-state index >= 15 is 0 Å². The van der Waals surface area contributed by atoms with E-state index < -0.39 is 5.54 Å².